The third kappa shape index (κ3) is 3.21. The summed E-state index contributed by atoms with van der Waals surface area (Å²) in [7, 11) is 1.62. The molecule has 3 heteroatoms. The molecule has 0 bridgehead atoms. The molecule has 1 N–H and O–H groups in total. The minimum Gasteiger partial charge on any atom is -0.495 e. The summed E-state index contributed by atoms with van der Waals surface area (Å²) in [6.45, 7) is 4.26. The van der Waals surface area contributed by atoms with Gasteiger partial charge in [0, 0.05) is 17.8 Å². The second-order valence-electron chi connectivity index (χ2n) is 4.57. The molecule has 0 aromatic heterocycles. The van der Waals surface area contributed by atoms with Crippen LogP contribution >= 0.6 is 11.6 Å². The number of halogens is 1. The van der Waals surface area contributed by atoms with E-state index in [0.717, 1.165) is 5.69 Å². The summed E-state index contributed by atoms with van der Waals surface area (Å²) in [5.74, 6) is 0.684. The Kier molecular flexibility index (Phi) is 4.33. The van der Waals surface area contributed by atoms with E-state index < -0.39 is 0 Å². The summed E-state index contributed by atoms with van der Waals surface area (Å²) in [6, 6.07) is 14.3. The van der Waals surface area contributed by atoms with Gasteiger partial charge in [-0.25, -0.2) is 0 Å². The van der Waals surface area contributed by atoms with Gasteiger partial charge in [0.2, 0.25) is 0 Å². The fourth-order valence-corrected chi connectivity index (χ4v) is 2.34. The Labute approximate surface area is 119 Å². The van der Waals surface area contributed by atoms with Crippen molar-refractivity contribution in [1.29, 1.82) is 0 Å². The van der Waals surface area contributed by atoms with Crippen LogP contribution < -0.4 is 10.1 Å². The fourth-order valence-electron chi connectivity index (χ4n) is 2.15. The molecule has 0 fully saturated rings. The molecule has 1 atom stereocenters. The van der Waals surface area contributed by atoms with Gasteiger partial charge in [0.25, 0.3) is 0 Å². The van der Waals surface area contributed by atoms with Crippen molar-refractivity contribution in [1.82, 2.24) is 0 Å². The lowest BCUT2D eigenvalue weighted by Gasteiger charge is -2.18. The van der Waals surface area contributed by atoms with Crippen LogP contribution in [0.5, 0.6) is 5.75 Å². The van der Waals surface area contributed by atoms with Crippen LogP contribution in [0, 0.1) is 6.92 Å². The van der Waals surface area contributed by atoms with Crippen LogP contribution in [0.15, 0.2) is 42.5 Å². The molecule has 0 amide bonds. The summed E-state index contributed by atoms with van der Waals surface area (Å²) in [4.78, 5) is 0. The predicted octanol–water partition coefficient (Wildman–Crippen LogP) is 4.83. The highest BCUT2D eigenvalue weighted by Gasteiger charge is 2.09. The van der Waals surface area contributed by atoms with Gasteiger partial charge in [0.1, 0.15) is 5.75 Å². The van der Waals surface area contributed by atoms with E-state index >= 15 is 0 Å². The van der Waals surface area contributed by atoms with Crippen LogP contribution in [0.3, 0.4) is 0 Å². The third-order valence-corrected chi connectivity index (χ3v) is 3.50. The molecule has 2 nitrogen and oxygen atoms in total. The standard InChI is InChI=1S/C16H18ClNO/c1-11-6-4-5-7-14(11)12(2)18-13-8-9-15(17)16(10-13)19-3/h4-10,12,18H,1-3H3. The van der Waals surface area contributed by atoms with E-state index in [1.54, 1.807) is 7.11 Å². The quantitative estimate of drug-likeness (QED) is 0.863. The maximum Gasteiger partial charge on any atom is 0.139 e. The number of nitrogens with one attached hydrogen (secondary N) is 1. The van der Waals surface area contributed by atoms with Crippen LogP contribution in [0.4, 0.5) is 5.69 Å². The zero-order valence-corrected chi connectivity index (χ0v) is 12.2. The van der Waals surface area contributed by atoms with Crippen molar-refractivity contribution in [3.8, 4) is 5.75 Å². The van der Waals surface area contributed by atoms with Crippen molar-refractivity contribution in [3.63, 3.8) is 0 Å². The zero-order valence-electron chi connectivity index (χ0n) is 11.4. The number of anilines is 1. The molecule has 2 aromatic rings. The first-order chi connectivity index (χ1) is 9.11. The summed E-state index contributed by atoms with van der Waals surface area (Å²) >= 11 is 6.02. The predicted molar refractivity (Wildman–Crippen MR) is 81.2 cm³/mol. The van der Waals surface area contributed by atoms with E-state index in [1.807, 2.05) is 18.2 Å². The van der Waals surface area contributed by atoms with Gasteiger partial charge in [-0.05, 0) is 37.1 Å². The highest BCUT2D eigenvalue weighted by atomic mass is 35.5. The normalized spacial score (nSPS) is 12.0. The van der Waals surface area contributed by atoms with E-state index in [4.69, 9.17) is 16.3 Å². The fraction of sp³-hybridized carbons (Fsp3) is 0.250. The highest BCUT2D eigenvalue weighted by molar-refractivity contribution is 6.32. The van der Waals surface area contributed by atoms with Gasteiger partial charge in [-0.2, -0.15) is 0 Å². The topological polar surface area (TPSA) is 21.3 Å². The molecule has 0 aliphatic carbocycles. The number of hydrogen-bond donors (Lipinski definition) is 1. The average Bonchev–Trinajstić information content (AvgIpc) is 2.41. The molecule has 0 saturated heterocycles. The van der Waals surface area contributed by atoms with Gasteiger partial charge in [-0.15, -0.1) is 0 Å². The Morgan fingerprint density at radius 3 is 2.58 bits per heavy atom. The maximum atomic E-state index is 6.02. The van der Waals surface area contributed by atoms with E-state index in [0.29, 0.717) is 10.8 Å². The molecule has 19 heavy (non-hydrogen) atoms. The van der Waals surface area contributed by atoms with Crippen LogP contribution in [0.1, 0.15) is 24.1 Å². The first-order valence-electron chi connectivity index (χ1n) is 6.27. The van der Waals surface area contributed by atoms with Crippen molar-refractivity contribution in [2.75, 3.05) is 12.4 Å². The number of benzene rings is 2. The molecule has 2 rings (SSSR count). The Morgan fingerprint density at radius 2 is 1.89 bits per heavy atom. The van der Waals surface area contributed by atoms with Gasteiger partial charge in [0.15, 0.2) is 0 Å². The number of aryl methyl sites for hydroxylation is 1. The maximum absolute atomic E-state index is 6.02. The summed E-state index contributed by atoms with van der Waals surface area (Å²) < 4.78 is 5.22. The summed E-state index contributed by atoms with van der Waals surface area (Å²) in [6.07, 6.45) is 0. The molecule has 2 aromatic carbocycles. The van der Waals surface area contributed by atoms with Crippen LogP contribution in [-0.2, 0) is 0 Å². The molecule has 0 radical (unpaired) electrons. The second-order valence-corrected chi connectivity index (χ2v) is 4.98. The molecule has 100 valence electrons. The van der Waals surface area contributed by atoms with Gasteiger partial charge < -0.3 is 10.1 Å². The monoisotopic (exact) mass is 275 g/mol. The minimum absolute atomic E-state index is 0.229. The van der Waals surface area contributed by atoms with Crippen molar-refractivity contribution in [2.45, 2.75) is 19.9 Å². The Morgan fingerprint density at radius 1 is 1.16 bits per heavy atom. The SMILES string of the molecule is COc1cc(NC(C)c2ccccc2C)ccc1Cl. The van der Waals surface area contributed by atoms with Crippen molar-refractivity contribution in [2.24, 2.45) is 0 Å². The first-order valence-corrected chi connectivity index (χ1v) is 6.65. The molecule has 0 aliphatic rings. The average molecular weight is 276 g/mol. The van der Waals surface area contributed by atoms with Crippen molar-refractivity contribution in [3.05, 3.63) is 58.6 Å². The van der Waals surface area contributed by atoms with Gasteiger partial charge in [-0.3, -0.25) is 0 Å². The number of ether oxygens (including phenoxy) is 1. The Bertz CT molecular complexity index is 568. The lowest BCUT2D eigenvalue weighted by atomic mass is 10.0. The molecular formula is C16H18ClNO. The summed E-state index contributed by atoms with van der Waals surface area (Å²) in [5.41, 5.74) is 3.57. The number of hydrogen-bond acceptors (Lipinski definition) is 2. The van der Waals surface area contributed by atoms with Gasteiger partial charge >= 0.3 is 0 Å². The Hall–Kier alpha value is -1.67. The van der Waals surface area contributed by atoms with E-state index in [1.165, 1.54) is 11.1 Å². The largest absolute Gasteiger partial charge is 0.495 e. The molecule has 0 aliphatic heterocycles. The van der Waals surface area contributed by atoms with E-state index in [-0.39, 0.29) is 6.04 Å². The van der Waals surface area contributed by atoms with Crippen LogP contribution in [-0.4, -0.2) is 7.11 Å². The van der Waals surface area contributed by atoms with Crippen LogP contribution in [0.25, 0.3) is 0 Å². The minimum atomic E-state index is 0.229. The molecular weight excluding hydrogens is 258 g/mol. The van der Waals surface area contributed by atoms with E-state index in [2.05, 4.69) is 43.4 Å². The van der Waals surface area contributed by atoms with E-state index in [9.17, 15) is 0 Å². The number of methoxy groups -OCH3 is 1. The zero-order chi connectivity index (χ0) is 13.8. The first kappa shape index (κ1) is 13.8. The molecule has 0 saturated carbocycles. The third-order valence-electron chi connectivity index (χ3n) is 3.19. The Balaban J connectivity index is 2.19. The van der Waals surface area contributed by atoms with Gasteiger partial charge in [0.05, 0.1) is 12.1 Å². The van der Waals surface area contributed by atoms with Crippen molar-refractivity contribution < 1.29 is 4.74 Å². The van der Waals surface area contributed by atoms with Crippen molar-refractivity contribution >= 4 is 17.3 Å². The lowest BCUT2D eigenvalue weighted by Crippen LogP contribution is -2.08. The highest BCUT2D eigenvalue weighted by Crippen LogP contribution is 2.29. The molecule has 0 spiro atoms. The lowest BCUT2D eigenvalue weighted by molar-refractivity contribution is 0.415. The number of rotatable bonds is 4. The van der Waals surface area contributed by atoms with Crippen LogP contribution in [0.2, 0.25) is 5.02 Å². The van der Waals surface area contributed by atoms with Gasteiger partial charge in [-0.1, -0.05) is 35.9 Å². The smallest absolute Gasteiger partial charge is 0.139 e. The molecule has 1 unspecified atom stereocenters. The molecule has 0 heterocycles. The second kappa shape index (κ2) is 5.98. The summed E-state index contributed by atoms with van der Waals surface area (Å²) in [5, 5.41) is 4.08.